The van der Waals surface area contributed by atoms with E-state index in [4.69, 9.17) is 9.47 Å². The first-order valence-electron chi connectivity index (χ1n) is 10.4. The molecule has 3 atom stereocenters. The summed E-state index contributed by atoms with van der Waals surface area (Å²) in [7, 11) is 0. The number of nitrogens with zero attached hydrogens (tertiary/aromatic N) is 3. The van der Waals surface area contributed by atoms with Gasteiger partial charge in [0.25, 0.3) is 0 Å². The highest BCUT2D eigenvalue weighted by Crippen LogP contribution is 2.41. The largest absolute Gasteiger partial charge is 0.444 e. The molecule has 11 heteroatoms. The zero-order chi connectivity index (χ0) is 23.4. The van der Waals surface area contributed by atoms with E-state index in [-0.39, 0.29) is 42.5 Å². The van der Waals surface area contributed by atoms with Crippen LogP contribution in [0.4, 0.5) is 29.7 Å². The van der Waals surface area contributed by atoms with Crippen LogP contribution in [0.1, 0.15) is 27.7 Å². The topological polar surface area (TPSA) is 91.2 Å². The second-order valence-corrected chi connectivity index (χ2v) is 9.24. The van der Waals surface area contributed by atoms with Gasteiger partial charge in [0.15, 0.2) is 11.6 Å². The number of hydrogen-bond acceptors (Lipinski definition) is 6. The SMILES string of the molecule is CC(=O)NCC1CN(c2cc(F)c(N3CC4C(C3)N4C(=O)OC(C)(C)C)c(F)c2)C(=O)O1. The van der Waals surface area contributed by atoms with Crippen molar-refractivity contribution in [2.75, 3.05) is 36.0 Å². The Bertz CT molecular complexity index is 931. The molecule has 0 aromatic heterocycles. The number of amides is 3. The van der Waals surface area contributed by atoms with Crippen molar-refractivity contribution in [3.05, 3.63) is 23.8 Å². The minimum Gasteiger partial charge on any atom is -0.444 e. The first-order valence-corrected chi connectivity index (χ1v) is 10.4. The lowest BCUT2D eigenvalue weighted by atomic mass is 10.2. The summed E-state index contributed by atoms with van der Waals surface area (Å²) in [6.45, 7) is 7.45. The van der Waals surface area contributed by atoms with Crippen LogP contribution in [0.5, 0.6) is 0 Å². The van der Waals surface area contributed by atoms with Crippen LogP contribution in [0, 0.1) is 11.6 Å². The summed E-state index contributed by atoms with van der Waals surface area (Å²) in [5, 5.41) is 2.55. The zero-order valence-electron chi connectivity index (χ0n) is 18.4. The second kappa shape index (κ2) is 7.79. The molecule has 3 unspecified atom stereocenters. The van der Waals surface area contributed by atoms with Crippen LogP contribution < -0.4 is 15.1 Å². The van der Waals surface area contributed by atoms with Crippen molar-refractivity contribution in [1.82, 2.24) is 10.2 Å². The van der Waals surface area contributed by atoms with Gasteiger partial charge >= 0.3 is 12.2 Å². The van der Waals surface area contributed by atoms with Gasteiger partial charge in [-0.25, -0.2) is 18.4 Å². The highest BCUT2D eigenvalue weighted by atomic mass is 19.1. The maximum atomic E-state index is 14.9. The Morgan fingerprint density at radius 2 is 1.75 bits per heavy atom. The van der Waals surface area contributed by atoms with Gasteiger partial charge in [-0.15, -0.1) is 0 Å². The fourth-order valence-corrected chi connectivity index (χ4v) is 4.15. The molecule has 1 aromatic carbocycles. The standard InChI is InChI=1S/C21H26F2N4O5/c1-11(28)24-7-13-8-26(19(29)31-13)12-5-14(22)18(15(23)6-12)25-9-16-17(10-25)27(16)20(30)32-21(2,3)4/h5-6,13,16-17H,7-10H2,1-4H3,(H,24,28). The molecule has 3 heterocycles. The number of piperazine rings is 1. The number of nitrogens with one attached hydrogen (secondary N) is 1. The van der Waals surface area contributed by atoms with Crippen LogP contribution >= 0.6 is 0 Å². The highest BCUT2D eigenvalue weighted by Gasteiger charge is 2.58. The van der Waals surface area contributed by atoms with Gasteiger partial charge in [0.2, 0.25) is 5.91 Å². The van der Waals surface area contributed by atoms with E-state index >= 15 is 0 Å². The average Bonchev–Trinajstić information content (AvgIpc) is 2.98. The second-order valence-electron chi connectivity index (χ2n) is 9.24. The molecule has 3 saturated heterocycles. The summed E-state index contributed by atoms with van der Waals surface area (Å²) in [5.74, 6) is -1.87. The summed E-state index contributed by atoms with van der Waals surface area (Å²) in [6, 6.07) is 1.89. The first kappa shape index (κ1) is 22.1. The van der Waals surface area contributed by atoms with Gasteiger partial charge in [-0.1, -0.05) is 0 Å². The van der Waals surface area contributed by atoms with Gasteiger partial charge in [0.05, 0.1) is 30.9 Å². The molecule has 0 radical (unpaired) electrons. The fraction of sp³-hybridized carbons (Fsp3) is 0.571. The Kier molecular flexibility index (Phi) is 5.38. The number of rotatable bonds is 4. The smallest absolute Gasteiger partial charge is 0.414 e. The van der Waals surface area contributed by atoms with Gasteiger partial charge in [0.1, 0.15) is 17.4 Å². The molecule has 0 spiro atoms. The Morgan fingerprint density at radius 1 is 1.16 bits per heavy atom. The molecule has 3 fully saturated rings. The number of halogens is 2. The molecule has 0 aliphatic carbocycles. The molecule has 3 amide bonds. The molecule has 0 bridgehead atoms. The maximum Gasteiger partial charge on any atom is 0.414 e. The quantitative estimate of drug-likeness (QED) is 0.705. The van der Waals surface area contributed by atoms with Crippen molar-refractivity contribution in [3.63, 3.8) is 0 Å². The zero-order valence-corrected chi connectivity index (χ0v) is 18.4. The van der Waals surface area contributed by atoms with E-state index in [1.54, 1.807) is 30.6 Å². The maximum absolute atomic E-state index is 14.9. The summed E-state index contributed by atoms with van der Waals surface area (Å²) in [6.07, 6.45) is -1.77. The number of benzene rings is 1. The molecule has 32 heavy (non-hydrogen) atoms. The molecule has 9 nitrogen and oxygen atoms in total. The van der Waals surface area contributed by atoms with Gasteiger partial charge < -0.3 is 19.7 Å². The van der Waals surface area contributed by atoms with Gasteiger partial charge in [0, 0.05) is 32.1 Å². The molecular formula is C21H26F2N4O5. The molecule has 0 saturated carbocycles. The number of cyclic esters (lactones) is 1. The minimum absolute atomic E-state index is 0.0406. The first-order chi connectivity index (χ1) is 14.9. The molecule has 1 N–H and O–H groups in total. The lowest BCUT2D eigenvalue weighted by molar-refractivity contribution is -0.119. The molecular weight excluding hydrogens is 426 g/mol. The van der Waals surface area contributed by atoms with E-state index in [0.717, 1.165) is 17.0 Å². The lowest BCUT2D eigenvalue weighted by Gasteiger charge is -2.26. The Labute approximate surface area is 184 Å². The van der Waals surface area contributed by atoms with Gasteiger partial charge in [-0.3, -0.25) is 14.6 Å². The number of ether oxygens (including phenoxy) is 2. The third kappa shape index (κ3) is 4.28. The number of hydrogen-bond donors (Lipinski definition) is 1. The van der Waals surface area contributed by atoms with Crippen LogP contribution in [0.25, 0.3) is 0 Å². The Balaban J connectivity index is 1.41. The lowest BCUT2D eigenvalue weighted by Crippen LogP contribution is -2.36. The van der Waals surface area contributed by atoms with Crippen LogP contribution in [0.15, 0.2) is 12.1 Å². The molecule has 1 aromatic rings. The van der Waals surface area contributed by atoms with Crippen molar-refractivity contribution in [1.29, 1.82) is 0 Å². The average molecular weight is 452 g/mol. The van der Waals surface area contributed by atoms with Crippen molar-refractivity contribution >= 4 is 29.5 Å². The monoisotopic (exact) mass is 452 g/mol. The summed E-state index contributed by atoms with van der Waals surface area (Å²) >= 11 is 0. The molecule has 174 valence electrons. The van der Waals surface area contributed by atoms with E-state index in [1.807, 2.05) is 0 Å². The number of carbonyl (C=O) groups excluding carboxylic acids is 3. The van der Waals surface area contributed by atoms with Gasteiger partial charge in [-0.05, 0) is 20.8 Å². The molecule has 3 aliphatic heterocycles. The fourth-order valence-electron chi connectivity index (χ4n) is 4.15. The normalized spacial score (nSPS) is 24.4. The van der Waals surface area contributed by atoms with Crippen molar-refractivity contribution in [3.8, 4) is 0 Å². The van der Waals surface area contributed by atoms with Crippen LogP contribution in [0.2, 0.25) is 0 Å². The van der Waals surface area contributed by atoms with E-state index in [1.165, 1.54) is 6.92 Å². The summed E-state index contributed by atoms with van der Waals surface area (Å²) in [4.78, 5) is 39.6. The molecule has 4 rings (SSSR count). The van der Waals surface area contributed by atoms with Crippen LogP contribution in [-0.4, -0.2) is 73.0 Å². The van der Waals surface area contributed by atoms with Crippen molar-refractivity contribution in [2.24, 2.45) is 0 Å². The predicted octanol–water partition coefficient (Wildman–Crippen LogP) is 2.23. The minimum atomic E-state index is -0.803. The van der Waals surface area contributed by atoms with Crippen LogP contribution in [-0.2, 0) is 14.3 Å². The third-order valence-corrected chi connectivity index (χ3v) is 5.57. The van der Waals surface area contributed by atoms with Crippen LogP contribution in [0.3, 0.4) is 0 Å². The van der Waals surface area contributed by atoms with Crippen molar-refractivity contribution in [2.45, 2.75) is 51.5 Å². The summed E-state index contributed by atoms with van der Waals surface area (Å²) < 4.78 is 40.3. The van der Waals surface area contributed by atoms with E-state index in [0.29, 0.717) is 13.1 Å². The highest BCUT2D eigenvalue weighted by molar-refractivity contribution is 5.90. The van der Waals surface area contributed by atoms with Crippen molar-refractivity contribution < 1.29 is 32.6 Å². The van der Waals surface area contributed by atoms with E-state index in [9.17, 15) is 23.2 Å². The number of fused-ring (bicyclic) bond motifs is 1. The van der Waals surface area contributed by atoms with E-state index < -0.39 is 35.5 Å². The summed E-state index contributed by atoms with van der Waals surface area (Å²) in [5.41, 5.74) is -0.759. The predicted molar refractivity (Wildman–Crippen MR) is 111 cm³/mol. The number of anilines is 2. The van der Waals surface area contributed by atoms with E-state index in [2.05, 4.69) is 5.32 Å². The van der Waals surface area contributed by atoms with Gasteiger partial charge in [-0.2, -0.15) is 0 Å². The third-order valence-electron chi connectivity index (χ3n) is 5.57. The Hall–Kier alpha value is -3.11. The Morgan fingerprint density at radius 3 is 2.28 bits per heavy atom. The molecule has 3 aliphatic rings. The number of carbonyl (C=O) groups is 3.